The van der Waals surface area contributed by atoms with Gasteiger partial charge in [0.15, 0.2) is 0 Å². The number of benzene rings is 3. The molecule has 4 aromatic rings. The number of para-hydroxylation sites is 1. The first-order valence-corrected chi connectivity index (χ1v) is 10.4. The van der Waals surface area contributed by atoms with Gasteiger partial charge in [-0.3, -0.25) is 4.57 Å². The van der Waals surface area contributed by atoms with Gasteiger partial charge in [0.05, 0.1) is 12.6 Å². The fourth-order valence-electron chi connectivity index (χ4n) is 4.02. The van der Waals surface area contributed by atoms with Crippen LogP contribution in [0.25, 0.3) is 0 Å². The molecule has 32 heavy (non-hydrogen) atoms. The molecule has 1 heterocycles. The SMILES string of the molecule is CC(Cn1c(N)ccnc1=O)OC(c1ccccc1)(c1ccccc1)c1ccccc1O. The summed E-state index contributed by atoms with van der Waals surface area (Å²) in [5.41, 5.74) is 6.78. The lowest BCUT2D eigenvalue weighted by atomic mass is 9.79. The minimum atomic E-state index is -1.12. The number of phenols is 1. The normalized spacial score (nSPS) is 12.4. The third-order valence-electron chi connectivity index (χ3n) is 5.43. The van der Waals surface area contributed by atoms with Gasteiger partial charge in [0, 0.05) is 11.8 Å². The summed E-state index contributed by atoms with van der Waals surface area (Å²) in [4.78, 5) is 16.1. The molecule has 6 nitrogen and oxygen atoms in total. The lowest BCUT2D eigenvalue weighted by Gasteiger charge is -2.38. The van der Waals surface area contributed by atoms with Crippen LogP contribution in [0.4, 0.5) is 5.82 Å². The Hall–Kier alpha value is -3.90. The number of phenolic OH excluding ortho intramolecular Hbond substituents is 1. The highest BCUT2D eigenvalue weighted by Gasteiger charge is 2.41. The van der Waals surface area contributed by atoms with Crippen LogP contribution in [0.3, 0.4) is 0 Å². The number of nitrogen functional groups attached to an aromatic ring is 1. The quantitative estimate of drug-likeness (QED) is 0.436. The molecule has 1 atom stereocenters. The van der Waals surface area contributed by atoms with Crippen molar-refractivity contribution in [3.63, 3.8) is 0 Å². The van der Waals surface area contributed by atoms with Crippen molar-refractivity contribution in [3.05, 3.63) is 124 Å². The summed E-state index contributed by atoms with van der Waals surface area (Å²) in [5.74, 6) is 0.429. The van der Waals surface area contributed by atoms with Crippen molar-refractivity contribution in [1.82, 2.24) is 9.55 Å². The molecule has 0 amide bonds. The average Bonchev–Trinajstić information content (AvgIpc) is 2.82. The Morgan fingerprint density at radius 2 is 1.50 bits per heavy atom. The van der Waals surface area contributed by atoms with Gasteiger partial charge in [-0.25, -0.2) is 9.78 Å². The van der Waals surface area contributed by atoms with E-state index >= 15 is 0 Å². The van der Waals surface area contributed by atoms with E-state index in [1.807, 2.05) is 79.7 Å². The molecule has 0 saturated carbocycles. The van der Waals surface area contributed by atoms with E-state index in [1.54, 1.807) is 18.2 Å². The molecule has 0 saturated heterocycles. The Morgan fingerprint density at radius 3 is 2.06 bits per heavy atom. The summed E-state index contributed by atoms with van der Waals surface area (Å²) < 4.78 is 8.17. The van der Waals surface area contributed by atoms with Crippen LogP contribution in [-0.4, -0.2) is 20.8 Å². The molecule has 0 aliphatic carbocycles. The molecule has 1 aromatic heterocycles. The van der Waals surface area contributed by atoms with E-state index in [0.29, 0.717) is 11.4 Å². The number of aromatic hydroxyl groups is 1. The summed E-state index contributed by atoms with van der Waals surface area (Å²) >= 11 is 0. The number of ether oxygens (including phenoxy) is 1. The zero-order valence-electron chi connectivity index (χ0n) is 17.8. The predicted molar refractivity (Wildman–Crippen MR) is 124 cm³/mol. The summed E-state index contributed by atoms with van der Waals surface area (Å²) in [7, 11) is 0. The molecule has 0 radical (unpaired) electrons. The first kappa shape index (κ1) is 21.3. The van der Waals surface area contributed by atoms with Crippen LogP contribution < -0.4 is 11.4 Å². The van der Waals surface area contributed by atoms with E-state index in [-0.39, 0.29) is 12.3 Å². The van der Waals surface area contributed by atoms with Crippen LogP contribution >= 0.6 is 0 Å². The Bertz CT molecular complexity index is 1200. The van der Waals surface area contributed by atoms with Gasteiger partial charge in [-0.15, -0.1) is 0 Å². The van der Waals surface area contributed by atoms with Gasteiger partial charge in [0.25, 0.3) is 0 Å². The molecule has 0 aliphatic heterocycles. The maximum absolute atomic E-state index is 12.3. The van der Waals surface area contributed by atoms with E-state index in [4.69, 9.17) is 10.5 Å². The van der Waals surface area contributed by atoms with Gasteiger partial charge in [-0.2, -0.15) is 0 Å². The summed E-state index contributed by atoms with van der Waals surface area (Å²) in [5, 5.41) is 10.9. The van der Waals surface area contributed by atoms with Crippen LogP contribution in [0.1, 0.15) is 23.6 Å². The molecule has 3 N–H and O–H groups in total. The van der Waals surface area contributed by atoms with Gasteiger partial charge in [0.2, 0.25) is 0 Å². The lowest BCUT2D eigenvalue weighted by Crippen LogP contribution is -2.39. The van der Waals surface area contributed by atoms with Gasteiger partial charge in [-0.1, -0.05) is 78.9 Å². The Kier molecular flexibility index (Phi) is 6.05. The molecule has 1 unspecified atom stereocenters. The van der Waals surface area contributed by atoms with Crippen molar-refractivity contribution in [3.8, 4) is 5.75 Å². The van der Waals surface area contributed by atoms with Gasteiger partial charge >= 0.3 is 5.69 Å². The van der Waals surface area contributed by atoms with Crippen molar-refractivity contribution in [2.24, 2.45) is 0 Å². The fraction of sp³-hybridized carbons (Fsp3) is 0.154. The lowest BCUT2D eigenvalue weighted by molar-refractivity contribution is -0.0467. The Balaban J connectivity index is 1.89. The number of nitrogens with zero attached hydrogens (tertiary/aromatic N) is 2. The second-order valence-corrected chi connectivity index (χ2v) is 7.62. The van der Waals surface area contributed by atoms with Crippen molar-refractivity contribution < 1.29 is 9.84 Å². The Labute approximate surface area is 186 Å². The monoisotopic (exact) mass is 427 g/mol. The summed E-state index contributed by atoms with van der Waals surface area (Å²) in [6.07, 6.45) is 0.930. The molecular weight excluding hydrogens is 402 g/mol. The van der Waals surface area contributed by atoms with E-state index in [0.717, 1.165) is 11.1 Å². The molecule has 0 fully saturated rings. The highest BCUT2D eigenvalue weighted by Crippen LogP contribution is 2.44. The fourth-order valence-corrected chi connectivity index (χ4v) is 4.02. The minimum Gasteiger partial charge on any atom is -0.508 e. The smallest absolute Gasteiger partial charge is 0.349 e. The molecule has 0 bridgehead atoms. The van der Waals surface area contributed by atoms with Gasteiger partial charge in [0.1, 0.15) is 17.2 Å². The molecule has 0 aliphatic rings. The maximum Gasteiger partial charge on any atom is 0.349 e. The van der Waals surface area contributed by atoms with E-state index in [1.165, 1.54) is 10.8 Å². The number of nitrogens with two attached hydrogens (primary N) is 1. The summed E-state index contributed by atoms with van der Waals surface area (Å²) in [6, 6.07) is 28.2. The van der Waals surface area contributed by atoms with E-state index < -0.39 is 17.4 Å². The van der Waals surface area contributed by atoms with Crippen molar-refractivity contribution >= 4 is 5.82 Å². The first-order chi connectivity index (χ1) is 15.5. The number of aromatic nitrogens is 2. The van der Waals surface area contributed by atoms with E-state index in [2.05, 4.69) is 4.98 Å². The highest BCUT2D eigenvalue weighted by molar-refractivity contribution is 5.52. The second kappa shape index (κ2) is 9.08. The third kappa shape index (κ3) is 4.00. The van der Waals surface area contributed by atoms with Crippen LogP contribution in [0, 0.1) is 0 Å². The Morgan fingerprint density at radius 1 is 0.938 bits per heavy atom. The van der Waals surface area contributed by atoms with Crippen molar-refractivity contribution in [1.29, 1.82) is 0 Å². The molecule has 0 spiro atoms. The first-order valence-electron chi connectivity index (χ1n) is 10.4. The number of hydrogen-bond acceptors (Lipinski definition) is 5. The topological polar surface area (TPSA) is 90.4 Å². The van der Waals surface area contributed by atoms with Gasteiger partial charge < -0.3 is 15.6 Å². The standard InChI is InChI=1S/C26H25N3O3/c1-19(18-29-24(27)16-17-28-25(29)31)32-26(20-10-4-2-5-11-20,21-12-6-3-7-13-21)22-14-8-9-15-23(22)30/h2-17,19,30H,18,27H2,1H3. The number of anilines is 1. The summed E-state index contributed by atoms with van der Waals surface area (Å²) in [6.45, 7) is 2.08. The number of rotatable bonds is 7. The van der Waals surface area contributed by atoms with Crippen LogP contribution in [0.2, 0.25) is 0 Å². The molecule has 3 aromatic carbocycles. The largest absolute Gasteiger partial charge is 0.508 e. The average molecular weight is 428 g/mol. The molecule has 4 rings (SSSR count). The predicted octanol–water partition coefficient (Wildman–Crippen LogP) is 3.93. The van der Waals surface area contributed by atoms with Crippen LogP contribution in [-0.2, 0) is 16.9 Å². The van der Waals surface area contributed by atoms with Crippen LogP contribution in [0.15, 0.2) is 102 Å². The second-order valence-electron chi connectivity index (χ2n) is 7.62. The third-order valence-corrected chi connectivity index (χ3v) is 5.43. The van der Waals surface area contributed by atoms with E-state index in [9.17, 15) is 9.90 Å². The maximum atomic E-state index is 12.3. The zero-order valence-corrected chi connectivity index (χ0v) is 17.8. The van der Waals surface area contributed by atoms with Crippen LogP contribution in [0.5, 0.6) is 5.75 Å². The molecule has 162 valence electrons. The molecular formula is C26H25N3O3. The van der Waals surface area contributed by atoms with Crippen molar-refractivity contribution in [2.75, 3.05) is 5.73 Å². The van der Waals surface area contributed by atoms with Gasteiger partial charge in [-0.05, 0) is 30.2 Å². The molecule has 6 heteroatoms. The van der Waals surface area contributed by atoms with Crippen molar-refractivity contribution in [2.45, 2.75) is 25.2 Å². The minimum absolute atomic E-state index is 0.116. The number of hydrogen-bond donors (Lipinski definition) is 2. The highest BCUT2D eigenvalue weighted by atomic mass is 16.5. The zero-order chi connectivity index (χ0) is 22.6.